The van der Waals surface area contributed by atoms with E-state index >= 15 is 0 Å². The van der Waals surface area contributed by atoms with Crippen molar-refractivity contribution in [1.29, 1.82) is 0 Å². The van der Waals surface area contributed by atoms with E-state index < -0.39 is 10.8 Å². The molecule has 1 atom stereocenters. The van der Waals surface area contributed by atoms with Gasteiger partial charge in [-0.3, -0.25) is 9.00 Å². The first-order chi connectivity index (χ1) is 8.61. The highest BCUT2D eigenvalue weighted by Gasteiger charge is 2.08. The molecule has 0 radical (unpaired) electrons. The van der Waals surface area contributed by atoms with Crippen LogP contribution in [-0.4, -0.2) is 35.3 Å². The fraction of sp³-hybridized carbons (Fsp3) is 0.417. The second-order valence-corrected chi connectivity index (χ2v) is 5.38. The van der Waals surface area contributed by atoms with E-state index in [9.17, 15) is 9.00 Å². The van der Waals surface area contributed by atoms with E-state index in [1.807, 2.05) is 0 Å². The molecule has 0 aromatic heterocycles. The SMILES string of the molecule is COCCCS(=O)CC(=O)Nc1cccc(N)c1. The van der Waals surface area contributed by atoms with Gasteiger partial charge in [-0.05, 0) is 24.6 Å². The molecule has 1 aromatic rings. The molecule has 5 nitrogen and oxygen atoms in total. The van der Waals surface area contributed by atoms with Crippen LogP contribution in [0.3, 0.4) is 0 Å². The van der Waals surface area contributed by atoms with Crippen molar-refractivity contribution in [2.45, 2.75) is 6.42 Å². The number of methoxy groups -OCH3 is 1. The number of nitrogens with one attached hydrogen (secondary N) is 1. The van der Waals surface area contributed by atoms with Gasteiger partial charge in [0, 0.05) is 41.6 Å². The van der Waals surface area contributed by atoms with Crippen LogP contribution in [0.2, 0.25) is 0 Å². The van der Waals surface area contributed by atoms with Crippen LogP contribution in [0.25, 0.3) is 0 Å². The zero-order valence-electron chi connectivity index (χ0n) is 10.3. The molecule has 0 aliphatic rings. The van der Waals surface area contributed by atoms with E-state index in [2.05, 4.69) is 5.32 Å². The number of nitrogen functional groups attached to an aromatic ring is 1. The Morgan fingerprint density at radius 3 is 2.94 bits per heavy atom. The number of carbonyl (C=O) groups excluding carboxylic acids is 1. The first-order valence-electron chi connectivity index (χ1n) is 5.61. The van der Waals surface area contributed by atoms with Crippen molar-refractivity contribution in [3.8, 4) is 0 Å². The highest BCUT2D eigenvalue weighted by molar-refractivity contribution is 7.85. The highest BCUT2D eigenvalue weighted by atomic mass is 32.2. The van der Waals surface area contributed by atoms with Gasteiger partial charge in [0.1, 0.15) is 5.75 Å². The van der Waals surface area contributed by atoms with E-state index in [0.29, 0.717) is 30.2 Å². The predicted octanol–water partition coefficient (Wildman–Crippen LogP) is 0.992. The maximum absolute atomic E-state index is 11.6. The number of carbonyl (C=O) groups is 1. The second-order valence-electron chi connectivity index (χ2n) is 3.81. The van der Waals surface area contributed by atoms with Gasteiger partial charge in [0.05, 0.1) is 0 Å². The third-order valence-corrected chi connectivity index (χ3v) is 3.51. The molecule has 3 N–H and O–H groups in total. The van der Waals surface area contributed by atoms with E-state index in [1.54, 1.807) is 31.4 Å². The number of rotatable bonds is 7. The van der Waals surface area contributed by atoms with Gasteiger partial charge in [0.15, 0.2) is 0 Å². The molecule has 0 bridgehead atoms. The lowest BCUT2D eigenvalue weighted by molar-refractivity contribution is -0.113. The molecule has 1 unspecified atom stereocenters. The molecule has 1 aromatic carbocycles. The van der Waals surface area contributed by atoms with Gasteiger partial charge in [0.25, 0.3) is 0 Å². The molecule has 18 heavy (non-hydrogen) atoms. The smallest absolute Gasteiger partial charge is 0.236 e. The third-order valence-electron chi connectivity index (χ3n) is 2.18. The van der Waals surface area contributed by atoms with Gasteiger partial charge in [-0.25, -0.2) is 0 Å². The van der Waals surface area contributed by atoms with Crippen LogP contribution in [0.15, 0.2) is 24.3 Å². The lowest BCUT2D eigenvalue weighted by atomic mass is 10.3. The first kappa shape index (κ1) is 14.7. The Morgan fingerprint density at radius 1 is 1.50 bits per heavy atom. The van der Waals surface area contributed by atoms with Gasteiger partial charge in [-0.2, -0.15) is 0 Å². The third kappa shape index (κ3) is 5.79. The summed E-state index contributed by atoms with van der Waals surface area (Å²) >= 11 is 0. The van der Waals surface area contributed by atoms with Crippen LogP contribution in [0, 0.1) is 0 Å². The van der Waals surface area contributed by atoms with Gasteiger partial charge in [0.2, 0.25) is 5.91 Å². The fourth-order valence-corrected chi connectivity index (χ4v) is 2.34. The number of nitrogens with two attached hydrogens (primary N) is 1. The summed E-state index contributed by atoms with van der Waals surface area (Å²) in [5, 5.41) is 2.66. The number of amides is 1. The maximum atomic E-state index is 11.6. The molecular formula is C12H18N2O3S. The normalized spacial score (nSPS) is 12.1. The summed E-state index contributed by atoms with van der Waals surface area (Å²) in [4.78, 5) is 11.6. The monoisotopic (exact) mass is 270 g/mol. The molecule has 100 valence electrons. The fourth-order valence-electron chi connectivity index (χ4n) is 1.40. The van der Waals surface area contributed by atoms with Crippen molar-refractivity contribution >= 4 is 28.1 Å². The quantitative estimate of drug-likeness (QED) is 0.572. The van der Waals surface area contributed by atoms with E-state index in [-0.39, 0.29) is 11.7 Å². The van der Waals surface area contributed by atoms with Crippen molar-refractivity contribution in [2.24, 2.45) is 0 Å². The minimum atomic E-state index is -1.15. The minimum Gasteiger partial charge on any atom is -0.399 e. The number of hydrogen-bond donors (Lipinski definition) is 2. The predicted molar refractivity (Wildman–Crippen MR) is 73.9 cm³/mol. The van der Waals surface area contributed by atoms with Crippen LogP contribution in [0.5, 0.6) is 0 Å². The lowest BCUT2D eigenvalue weighted by Gasteiger charge is -2.06. The molecule has 0 fully saturated rings. The topological polar surface area (TPSA) is 81.4 Å². The van der Waals surface area contributed by atoms with Gasteiger partial charge in [-0.15, -0.1) is 0 Å². The van der Waals surface area contributed by atoms with Crippen molar-refractivity contribution in [2.75, 3.05) is 36.3 Å². The summed E-state index contributed by atoms with van der Waals surface area (Å²) in [6, 6.07) is 6.88. The zero-order chi connectivity index (χ0) is 13.4. The molecule has 1 amide bonds. The summed E-state index contributed by atoms with van der Waals surface area (Å²) in [6.45, 7) is 0.558. The van der Waals surface area contributed by atoms with E-state index in [1.165, 1.54) is 0 Å². The molecular weight excluding hydrogens is 252 g/mol. The minimum absolute atomic E-state index is 0.00147. The average Bonchev–Trinajstić information content (AvgIpc) is 2.29. The Hall–Kier alpha value is -1.40. The molecule has 0 aliphatic heterocycles. The van der Waals surface area contributed by atoms with Gasteiger partial charge < -0.3 is 15.8 Å². The molecule has 0 heterocycles. The summed E-state index contributed by atoms with van der Waals surface area (Å²) in [5.41, 5.74) is 6.79. The molecule has 0 spiro atoms. The van der Waals surface area contributed by atoms with Crippen molar-refractivity contribution in [3.05, 3.63) is 24.3 Å². The first-order valence-corrected chi connectivity index (χ1v) is 7.10. The van der Waals surface area contributed by atoms with Crippen molar-refractivity contribution in [3.63, 3.8) is 0 Å². The molecule has 1 rings (SSSR count). The Labute approximate surface area is 109 Å². The van der Waals surface area contributed by atoms with Gasteiger partial charge >= 0.3 is 0 Å². The number of benzene rings is 1. The number of ether oxygens (including phenoxy) is 1. The number of anilines is 2. The molecule has 0 saturated heterocycles. The van der Waals surface area contributed by atoms with E-state index in [4.69, 9.17) is 10.5 Å². The average molecular weight is 270 g/mol. The van der Waals surface area contributed by atoms with Crippen LogP contribution >= 0.6 is 0 Å². The number of hydrogen-bond acceptors (Lipinski definition) is 4. The highest BCUT2D eigenvalue weighted by Crippen LogP contribution is 2.11. The molecule has 6 heteroatoms. The standard InChI is InChI=1S/C12H18N2O3S/c1-17-6-3-7-18(16)9-12(15)14-11-5-2-4-10(13)8-11/h2,4-5,8H,3,6-7,9,13H2,1H3,(H,14,15). The summed E-state index contributed by atoms with van der Waals surface area (Å²) in [5.74, 6) is 0.202. The van der Waals surface area contributed by atoms with Gasteiger partial charge in [-0.1, -0.05) is 6.07 Å². The lowest BCUT2D eigenvalue weighted by Crippen LogP contribution is -2.21. The zero-order valence-corrected chi connectivity index (χ0v) is 11.2. The Balaban J connectivity index is 2.35. The second kappa shape index (κ2) is 7.84. The van der Waals surface area contributed by atoms with Crippen LogP contribution in [0.1, 0.15) is 6.42 Å². The summed E-state index contributed by atoms with van der Waals surface area (Å²) in [6.07, 6.45) is 0.689. The summed E-state index contributed by atoms with van der Waals surface area (Å²) < 4.78 is 16.4. The van der Waals surface area contributed by atoms with Crippen LogP contribution < -0.4 is 11.1 Å². The van der Waals surface area contributed by atoms with Crippen LogP contribution in [-0.2, 0) is 20.3 Å². The van der Waals surface area contributed by atoms with E-state index in [0.717, 1.165) is 0 Å². The van der Waals surface area contributed by atoms with Crippen molar-refractivity contribution < 1.29 is 13.7 Å². The summed E-state index contributed by atoms with van der Waals surface area (Å²) in [7, 11) is 0.439. The Kier molecular flexibility index (Phi) is 6.38. The Bertz CT molecular complexity index is 424. The van der Waals surface area contributed by atoms with Crippen LogP contribution in [0.4, 0.5) is 11.4 Å². The Morgan fingerprint density at radius 2 is 2.28 bits per heavy atom. The molecule has 0 aliphatic carbocycles. The van der Waals surface area contributed by atoms with Crippen molar-refractivity contribution in [1.82, 2.24) is 0 Å². The molecule has 0 saturated carbocycles. The largest absolute Gasteiger partial charge is 0.399 e. The maximum Gasteiger partial charge on any atom is 0.236 e.